The van der Waals surface area contributed by atoms with Crippen molar-refractivity contribution in [2.75, 3.05) is 11.9 Å². The number of aryl methyl sites for hydroxylation is 2. The third-order valence-corrected chi connectivity index (χ3v) is 3.84. The van der Waals surface area contributed by atoms with Gasteiger partial charge in [0.1, 0.15) is 0 Å². The van der Waals surface area contributed by atoms with E-state index in [1.807, 2.05) is 27.7 Å². The van der Waals surface area contributed by atoms with Crippen LogP contribution in [0.2, 0.25) is 0 Å². The van der Waals surface area contributed by atoms with Crippen LogP contribution in [0.3, 0.4) is 0 Å². The third kappa shape index (κ3) is 4.51. The number of carbonyl (C=O) groups is 2. The molecule has 6 nitrogen and oxygen atoms in total. The first kappa shape index (κ1) is 15.4. The summed E-state index contributed by atoms with van der Waals surface area (Å²) in [4.78, 5) is 27.8. The van der Waals surface area contributed by atoms with Crippen molar-refractivity contribution in [1.82, 2.24) is 10.3 Å². The predicted molar refractivity (Wildman–Crippen MR) is 74.6 cm³/mol. The van der Waals surface area contributed by atoms with E-state index in [0.29, 0.717) is 5.13 Å². The molecule has 0 aliphatic rings. The van der Waals surface area contributed by atoms with Gasteiger partial charge in [0.25, 0.3) is 0 Å². The first-order valence-corrected chi connectivity index (χ1v) is 6.84. The van der Waals surface area contributed by atoms with Crippen molar-refractivity contribution in [3.05, 3.63) is 10.6 Å². The number of thiazole rings is 1. The van der Waals surface area contributed by atoms with Gasteiger partial charge in [-0.2, -0.15) is 0 Å². The number of aliphatic carboxylic acids is 1. The Bertz CT molecular complexity index is 451. The maximum Gasteiger partial charge on any atom is 0.321 e. The summed E-state index contributed by atoms with van der Waals surface area (Å²) < 4.78 is 0. The lowest BCUT2D eigenvalue weighted by Gasteiger charge is -2.16. The average molecular weight is 285 g/mol. The van der Waals surface area contributed by atoms with Crippen LogP contribution in [0.15, 0.2) is 0 Å². The standard InChI is InChI=1S/C12H19N3O3S/c1-6(2)9(10(16)17)5-13-11(18)15-12-14-7(3)8(4)19-12/h6,9H,5H2,1-4H3,(H,16,17)(H2,13,14,15,18). The molecule has 1 rings (SSSR count). The van der Waals surface area contributed by atoms with Crippen molar-refractivity contribution >= 4 is 28.5 Å². The van der Waals surface area contributed by atoms with Crippen LogP contribution in [0.1, 0.15) is 24.4 Å². The Morgan fingerprint density at radius 2 is 2.00 bits per heavy atom. The number of nitrogens with one attached hydrogen (secondary N) is 2. The molecule has 0 radical (unpaired) electrons. The van der Waals surface area contributed by atoms with E-state index in [0.717, 1.165) is 10.6 Å². The number of nitrogens with zero attached hydrogens (tertiary/aromatic N) is 1. The number of rotatable bonds is 5. The smallest absolute Gasteiger partial charge is 0.321 e. The minimum atomic E-state index is -0.906. The Kier molecular flexibility index (Phi) is 5.29. The second kappa shape index (κ2) is 6.51. The van der Waals surface area contributed by atoms with Gasteiger partial charge < -0.3 is 10.4 Å². The van der Waals surface area contributed by atoms with Gasteiger partial charge in [-0.05, 0) is 19.8 Å². The van der Waals surface area contributed by atoms with E-state index in [9.17, 15) is 9.59 Å². The van der Waals surface area contributed by atoms with Gasteiger partial charge in [-0.1, -0.05) is 13.8 Å². The molecule has 0 aliphatic heterocycles. The zero-order valence-electron chi connectivity index (χ0n) is 11.5. The molecule has 1 atom stereocenters. The summed E-state index contributed by atoms with van der Waals surface area (Å²) in [7, 11) is 0. The van der Waals surface area contributed by atoms with Crippen molar-refractivity contribution in [3.8, 4) is 0 Å². The van der Waals surface area contributed by atoms with Gasteiger partial charge in [-0.15, -0.1) is 11.3 Å². The van der Waals surface area contributed by atoms with Gasteiger partial charge in [-0.3, -0.25) is 10.1 Å². The predicted octanol–water partition coefficient (Wildman–Crippen LogP) is 2.24. The van der Waals surface area contributed by atoms with Crippen LogP contribution in [-0.2, 0) is 4.79 Å². The molecule has 0 aliphatic carbocycles. The van der Waals surface area contributed by atoms with Crippen molar-refractivity contribution < 1.29 is 14.7 Å². The number of urea groups is 1. The van der Waals surface area contributed by atoms with Crippen LogP contribution in [0, 0.1) is 25.7 Å². The van der Waals surface area contributed by atoms with Gasteiger partial charge in [0.15, 0.2) is 5.13 Å². The number of carboxylic acids is 1. The van der Waals surface area contributed by atoms with E-state index in [1.54, 1.807) is 0 Å². The summed E-state index contributed by atoms with van der Waals surface area (Å²) in [6, 6.07) is -0.430. The minimum absolute atomic E-state index is 0.0397. The molecule has 0 spiro atoms. The van der Waals surface area contributed by atoms with E-state index in [2.05, 4.69) is 15.6 Å². The van der Waals surface area contributed by atoms with E-state index in [4.69, 9.17) is 5.11 Å². The van der Waals surface area contributed by atoms with E-state index >= 15 is 0 Å². The number of hydrogen-bond donors (Lipinski definition) is 3. The van der Waals surface area contributed by atoms with Crippen LogP contribution >= 0.6 is 11.3 Å². The van der Waals surface area contributed by atoms with Crippen LogP contribution in [0.4, 0.5) is 9.93 Å². The molecule has 2 amide bonds. The van der Waals surface area contributed by atoms with Crippen molar-refractivity contribution in [2.45, 2.75) is 27.7 Å². The Balaban J connectivity index is 2.49. The van der Waals surface area contributed by atoms with E-state index in [1.165, 1.54) is 11.3 Å². The Hall–Kier alpha value is -1.63. The maximum absolute atomic E-state index is 11.6. The second-order valence-electron chi connectivity index (χ2n) is 4.68. The van der Waals surface area contributed by atoms with Gasteiger partial charge in [0.2, 0.25) is 0 Å². The molecule has 1 unspecified atom stereocenters. The number of anilines is 1. The van der Waals surface area contributed by atoms with Crippen LogP contribution in [-0.4, -0.2) is 28.6 Å². The molecule has 1 heterocycles. The normalized spacial score (nSPS) is 12.3. The average Bonchev–Trinajstić information content (AvgIpc) is 2.56. The highest BCUT2D eigenvalue weighted by atomic mass is 32.1. The molecule has 1 aromatic heterocycles. The highest BCUT2D eigenvalue weighted by Crippen LogP contribution is 2.20. The summed E-state index contributed by atoms with van der Waals surface area (Å²) in [6.07, 6.45) is 0. The zero-order chi connectivity index (χ0) is 14.6. The first-order valence-electron chi connectivity index (χ1n) is 6.03. The summed E-state index contributed by atoms with van der Waals surface area (Å²) in [5.41, 5.74) is 0.880. The van der Waals surface area contributed by atoms with Crippen LogP contribution in [0.25, 0.3) is 0 Å². The lowest BCUT2D eigenvalue weighted by molar-refractivity contribution is -0.142. The fraction of sp³-hybridized carbons (Fsp3) is 0.583. The molecule has 1 aromatic rings. The molecule has 3 N–H and O–H groups in total. The van der Waals surface area contributed by atoms with E-state index in [-0.39, 0.29) is 12.5 Å². The Labute approximate surface area is 116 Å². The highest BCUT2D eigenvalue weighted by molar-refractivity contribution is 7.15. The summed E-state index contributed by atoms with van der Waals surface area (Å²) >= 11 is 1.39. The zero-order valence-corrected chi connectivity index (χ0v) is 12.3. The van der Waals surface area contributed by atoms with Gasteiger partial charge >= 0.3 is 12.0 Å². The summed E-state index contributed by atoms with van der Waals surface area (Å²) in [6.45, 7) is 7.52. The molecule has 106 valence electrons. The highest BCUT2D eigenvalue weighted by Gasteiger charge is 2.22. The van der Waals surface area contributed by atoms with Crippen molar-refractivity contribution in [3.63, 3.8) is 0 Å². The van der Waals surface area contributed by atoms with E-state index < -0.39 is 17.9 Å². The fourth-order valence-electron chi connectivity index (χ4n) is 1.48. The molecule has 0 bridgehead atoms. The monoisotopic (exact) mass is 285 g/mol. The molecule has 19 heavy (non-hydrogen) atoms. The molecule has 0 saturated heterocycles. The lowest BCUT2D eigenvalue weighted by atomic mass is 9.96. The Morgan fingerprint density at radius 1 is 1.37 bits per heavy atom. The molecule has 0 saturated carbocycles. The topological polar surface area (TPSA) is 91.3 Å². The lowest BCUT2D eigenvalue weighted by Crippen LogP contribution is -2.37. The first-order chi connectivity index (χ1) is 8.81. The third-order valence-electron chi connectivity index (χ3n) is 2.85. The molecular formula is C12H19N3O3S. The van der Waals surface area contributed by atoms with Crippen molar-refractivity contribution in [1.29, 1.82) is 0 Å². The van der Waals surface area contributed by atoms with Crippen molar-refractivity contribution in [2.24, 2.45) is 11.8 Å². The summed E-state index contributed by atoms with van der Waals surface area (Å²) in [5, 5.41) is 14.7. The van der Waals surface area contributed by atoms with Gasteiger partial charge in [0, 0.05) is 11.4 Å². The van der Waals surface area contributed by atoms with Crippen LogP contribution < -0.4 is 10.6 Å². The number of carboxylic acid groups (broad SMARTS) is 1. The van der Waals surface area contributed by atoms with Crippen LogP contribution in [0.5, 0.6) is 0 Å². The fourth-order valence-corrected chi connectivity index (χ4v) is 2.29. The molecule has 7 heteroatoms. The maximum atomic E-state index is 11.6. The van der Waals surface area contributed by atoms with Gasteiger partial charge in [-0.25, -0.2) is 9.78 Å². The van der Waals surface area contributed by atoms with Gasteiger partial charge in [0.05, 0.1) is 11.6 Å². The Morgan fingerprint density at radius 3 is 2.42 bits per heavy atom. The molecular weight excluding hydrogens is 266 g/mol. The summed E-state index contributed by atoms with van der Waals surface area (Å²) in [5.74, 6) is -1.54. The SMILES string of the molecule is Cc1nc(NC(=O)NCC(C(=O)O)C(C)C)sc1C. The molecule has 0 fully saturated rings. The number of hydrogen-bond acceptors (Lipinski definition) is 4. The second-order valence-corrected chi connectivity index (χ2v) is 5.89. The molecule has 0 aromatic carbocycles. The number of aromatic nitrogens is 1. The quantitative estimate of drug-likeness (QED) is 0.773. The largest absolute Gasteiger partial charge is 0.481 e. The number of amides is 2. The minimum Gasteiger partial charge on any atom is -0.481 e. The number of carbonyl (C=O) groups excluding carboxylic acids is 1.